The van der Waals surface area contributed by atoms with Crippen molar-refractivity contribution in [1.82, 2.24) is 0 Å². The Labute approximate surface area is 129 Å². The molecule has 0 amide bonds. The van der Waals surface area contributed by atoms with Crippen LogP contribution < -0.4 is 0 Å². The number of rotatable bonds is 6. The van der Waals surface area contributed by atoms with Crippen LogP contribution >= 0.6 is 15.9 Å². The Balaban J connectivity index is 3.33. The number of carbonyl (C=O) groups excluding carboxylic acids is 2. The molecule has 0 bridgehead atoms. The predicted molar refractivity (Wildman–Crippen MR) is 76.3 cm³/mol. The number of esters is 2. The first-order valence-electron chi connectivity index (χ1n) is 5.94. The summed E-state index contributed by atoms with van der Waals surface area (Å²) in [6.07, 6.45) is 0. The van der Waals surface area contributed by atoms with E-state index in [9.17, 15) is 19.7 Å². The summed E-state index contributed by atoms with van der Waals surface area (Å²) in [7, 11) is 2.23. The zero-order valence-electron chi connectivity index (χ0n) is 11.4. The van der Waals surface area contributed by atoms with E-state index in [-0.39, 0.29) is 0 Å². The fourth-order valence-electron chi connectivity index (χ4n) is 2.00. The van der Waals surface area contributed by atoms with Gasteiger partial charge >= 0.3 is 11.9 Å². The van der Waals surface area contributed by atoms with E-state index >= 15 is 0 Å². The minimum Gasteiger partial charge on any atom is -0.468 e. The van der Waals surface area contributed by atoms with Crippen LogP contribution in [0.3, 0.4) is 0 Å². The zero-order chi connectivity index (χ0) is 16.0. The van der Waals surface area contributed by atoms with E-state index in [4.69, 9.17) is 0 Å². The van der Waals surface area contributed by atoms with Gasteiger partial charge < -0.3 is 9.47 Å². The summed E-state index contributed by atoms with van der Waals surface area (Å²) < 4.78 is 9.73. The summed E-state index contributed by atoms with van der Waals surface area (Å²) in [5, 5.41) is 10.9. The first kappa shape index (κ1) is 17.1. The lowest BCUT2D eigenvalue weighted by Gasteiger charge is -2.21. The highest BCUT2D eigenvalue weighted by molar-refractivity contribution is 9.10. The van der Waals surface area contributed by atoms with Gasteiger partial charge in [-0.05, 0) is 11.6 Å². The topological polar surface area (TPSA) is 95.7 Å². The molecule has 0 aliphatic carbocycles. The largest absolute Gasteiger partial charge is 0.468 e. The molecule has 7 nitrogen and oxygen atoms in total. The number of ether oxygens (including phenoxy) is 2. The molecule has 1 rings (SSSR count). The van der Waals surface area contributed by atoms with E-state index in [1.165, 1.54) is 0 Å². The molecular formula is C13H14BrNO6. The molecule has 0 aliphatic heterocycles. The van der Waals surface area contributed by atoms with E-state index in [2.05, 4.69) is 25.4 Å². The molecule has 0 heterocycles. The first-order chi connectivity index (χ1) is 9.92. The van der Waals surface area contributed by atoms with Gasteiger partial charge in [0.1, 0.15) is 0 Å². The lowest BCUT2D eigenvalue weighted by atomic mass is 9.86. The van der Waals surface area contributed by atoms with E-state index in [0.29, 0.717) is 10.0 Å². The van der Waals surface area contributed by atoms with Crippen molar-refractivity contribution in [2.24, 2.45) is 5.92 Å². The van der Waals surface area contributed by atoms with Crippen LogP contribution in [0.4, 0.5) is 0 Å². The number of benzene rings is 1. The molecule has 1 atom stereocenters. The minimum atomic E-state index is -1.40. The summed E-state index contributed by atoms with van der Waals surface area (Å²) in [6.45, 7) is -0.600. The second-order valence-corrected chi connectivity index (χ2v) is 5.02. The van der Waals surface area contributed by atoms with Gasteiger partial charge in [-0.2, -0.15) is 0 Å². The molecule has 1 aromatic rings. The first-order valence-corrected chi connectivity index (χ1v) is 6.73. The summed E-state index contributed by atoms with van der Waals surface area (Å²) in [6, 6.07) is 6.67. The summed E-state index contributed by atoms with van der Waals surface area (Å²) >= 11 is 3.27. The van der Waals surface area contributed by atoms with Crippen LogP contribution in [0.5, 0.6) is 0 Å². The van der Waals surface area contributed by atoms with Gasteiger partial charge in [0.05, 0.1) is 20.1 Å². The molecular weight excluding hydrogens is 346 g/mol. The molecule has 0 N–H and O–H groups in total. The molecule has 0 radical (unpaired) electrons. The smallest absolute Gasteiger partial charge is 0.320 e. The van der Waals surface area contributed by atoms with Gasteiger partial charge in [0, 0.05) is 9.40 Å². The maximum absolute atomic E-state index is 11.9. The van der Waals surface area contributed by atoms with E-state index in [1.54, 1.807) is 24.3 Å². The highest BCUT2D eigenvalue weighted by Gasteiger charge is 2.41. The van der Waals surface area contributed by atoms with Crippen molar-refractivity contribution in [3.63, 3.8) is 0 Å². The lowest BCUT2D eigenvalue weighted by Crippen LogP contribution is -2.35. The number of hydrogen-bond acceptors (Lipinski definition) is 6. The molecule has 0 saturated carbocycles. The molecule has 0 aromatic heterocycles. The maximum atomic E-state index is 11.9. The van der Waals surface area contributed by atoms with Crippen LogP contribution in [0.25, 0.3) is 0 Å². The number of hydrogen-bond donors (Lipinski definition) is 0. The van der Waals surface area contributed by atoms with E-state index < -0.39 is 35.2 Å². The Bertz CT molecular complexity index is 531. The second-order valence-electron chi connectivity index (χ2n) is 4.17. The minimum absolute atomic E-state index is 0.468. The van der Waals surface area contributed by atoms with Crippen LogP contribution in [-0.4, -0.2) is 37.6 Å². The normalized spacial score (nSPS) is 11.8. The number of halogens is 1. The zero-order valence-corrected chi connectivity index (χ0v) is 13.0. The van der Waals surface area contributed by atoms with Crippen molar-refractivity contribution < 1.29 is 24.0 Å². The van der Waals surface area contributed by atoms with Crippen LogP contribution in [0.15, 0.2) is 28.7 Å². The van der Waals surface area contributed by atoms with Crippen LogP contribution in [0.1, 0.15) is 11.5 Å². The molecule has 0 spiro atoms. The molecule has 0 aliphatic rings. The Kier molecular flexibility index (Phi) is 6.29. The van der Waals surface area contributed by atoms with Crippen molar-refractivity contribution in [1.29, 1.82) is 0 Å². The molecule has 1 aromatic carbocycles. The Morgan fingerprint density at radius 3 is 2.19 bits per heavy atom. The number of carbonyl (C=O) groups is 2. The summed E-state index contributed by atoms with van der Waals surface area (Å²) in [4.78, 5) is 34.0. The molecule has 0 saturated heterocycles. The van der Waals surface area contributed by atoms with Crippen LogP contribution in [0.2, 0.25) is 0 Å². The Hall–Kier alpha value is -1.96. The van der Waals surface area contributed by atoms with Crippen molar-refractivity contribution in [3.05, 3.63) is 44.4 Å². The van der Waals surface area contributed by atoms with Gasteiger partial charge in [0.25, 0.3) is 0 Å². The van der Waals surface area contributed by atoms with Gasteiger partial charge in [0.15, 0.2) is 5.92 Å². The number of methoxy groups -OCH3 is 2. The van der Waals surface area contributed by atoms with Crippen molar-refractivity contribution in [2.45, 2.75) is 5.92 Å². The third-order valence-corrected chi connectivity index (χ3v) is 3.69. The van der Waals surface area contributed by atoms with Gasteiger partial charge in [-0.25, -0.2) is 0 Å². The fourth-order valence-corrected chi connectivity index (χ4v) is 2.58. The average molecular weight is 360 g/mol. The second kappa shape index (κ2) is 7.72. The van der Waals surface area contributed by atoms with E-state index in [1.807, 2.05) is 0 Å². The van der Waals surface area contributed by atoms with Gasteiger partial charge in [-0.1, -0.05) is 34.1 Å². The maximum Gasteiger partial charge on any atom is 0.320 e. The average Bonchev–Trinajstić information content (AvgIpc) is 2.46. The standard InChI is InChI=1S/C13H14BrNO6/c1-20-12(16)11(13(17)21-2)9(7-15(18)19)8-5-3-4-6-10(8)14/h3-6,9,11H,7H2,1-2H3/t9-/m1/s1. The molecule has 0 fully saturated rings. The summed E-state index contributed by atoms with van der Waals surface area (Å²) in [5.41, 5.74) is 0.468. The van der Waals surface area contributed by atoms with Crippen LogP contribution in [0, 0.1) is 16.0 Å². The third kappa shape index (κ3) is 4.25. The lowest BCUT2D eigenvalue weighted by molar-refractivity contribution is -0.484. The van der Waals surface area contributed by atoms with Crippen molar-refractivity contribution in [2.75, 3.05) is 20.8 Å². The Morgan fingerprint density at radius 1 is 1.24 bits per heavy atom. The SMILES string of the molecule is COC(=O)C(C(=O)OC)[C@H](C[N+](=O)[O-])c1ccccc1Br. The fraction of sp³-hybridized carbons (Fsp3) is 0.385. The third-order valence-electron chi connectivity index (χ3n) is 2.96. The van der Waals surface area contributed by atoms with E-state index in [0.717, 1.165) is 14.2 Å². The highest BCUT2D eigenvalue weighted by atomic mass is 79.9. The van der Waals surface area contributed by atoms with Crippen molar-refractivity contribution in [3.8, 4) is 0 Å². The number of nitrogens with zero attached hydrogens (tertiary/aromatic N) is 1. The quantitative estimate of drug-likeness (QED) is 0.332. The van der Waals surface area contributed by atoms with Gasteiger partial charge in [0.2, 0.25) is 6.54 Å². The van der Waals surface area contributed by atoms with Crippen molar-refractivity contribution >= 4 is 27.9 Å². The molecule has 8 heteroatoms. The van der Waals surface area contributed by atoms with Crippen LogP contribution in [-0.2, 0) is 19.1 Å². The highest BCUT2D eigenvalue weighted by Crippen LogP contribution is 2.32. The number of nitro groups is 1. The summed E-state index contributed by atoms with van der Waals surface area (Å²) in [5.74, 6) is -4.13. The van der Waals surface area contributed by atoms with Gasteiger partial charge in [-0.3, -0.25) is 19.7 Å². The Morgan fingerprint density at radius 2 is 1.76 bits per heavy atom. The predicted octanol–water partition coefficient (Wildman–Crippen LogP) is 1.77. The molecule has 21 heavy (non-hydrogen) atoms. The molecule has 0 unspecified atom stereocenters. The monoisotopic (exact) mass is 359 g/mol. The van der Waals surface area contributed by atoms with Gasteiger partial charge in [-0.15, -0.1) is 0 Å². The molecule has 114 valence electrons.